The van der Waals surface area contributed by atoms with Crippen LogP contribution in [0.4, 0.5) is 11.5 Å². The molecule has 0 radical (unpaired) electrons. The Hall–Kier alpha value is -2.02. The number of nitrogens with one attached hydrogen (secondary N) is 2. The molecule has 1 aromatic carbocycles. The number of para-hydroxylation sites is 2. The topological polar surface area (TPSA) is 66.5 Å². The van der Waals surface area contributed by atoms with Gasteiger partial charge in [-0.1, -0.05) is 12.1 Å². The summed E-state index contributed by atoms with van der Waals surface area (Å²) in [6, 6.07) is 12.2. The van der Waals surface area contributed by atoms with E-state index >= 15 is 0 Å². The van der Waals surface area contributed by atoms with Gasteiger partial charge in [0.2, 0.25) is 0 Å². The van der Waals surface area contributed by atoms with E-state index in [9.17, 15) is 4.79 Å². The van der Waals surface area contributed by atoms with Gasteiger partial charge >= 0.3 is 0 Å². The molecule has 2 aliphatic heterocycles. The van der Waals surface area contributed by atoms with Crippen LogP contribution in [0.1, 0.15) is 29.6 Å². The highest BCUT2D eigenvalue weighted by Crippen LogP contribution is 2.29. The minimum atomic E-state index is 0. The number of fused-ring (bicyclic) bond motifs is 2. The van der Waals surface area contributed by atoms with Crippen LogP contribution >= 0.6 is 24.8 Å². The van der Waals surface area contributed by atoms with E-state index in [1.165, 1.54) is 6.42 Å². The van der Waals surface area contributed by atoms with Crippen molar-refractivity contribution < 1.29 is 9.53 Å². The molecule has 1 aromatic heterocycles. The SMILES string of the molecule is COc1ccccc1Nc1ncccc1C(=O)N1CCC2CCC(C1)N2.Cl.Cl. The zero-order chi connectivity index (χ0) is 17.9. The van der Waals surface area contributed by atoms with Crippen molar-refractivity contribution in [2.45, 2.75) is 31.3 Å². The number of carbonyl (C=O) groups excluding carboxylic acids is 1. The third-order valence-corrected chi connectivity index (χ3v) is 5.21. The summed E-state index contributed by atoms with van der Waals surface area (Å²) in [4.78, 5) is 19.5. The summed E-state index contributed by atoms with van der Waals surface area (Å²) < 4.78 is 5.39. The van der Waals surface area contributed by atoms with Crippen LogP contribution in [0.2, 0.25) is 0 Å². The Morgan fingerprint density at radius 3 is 2.75 bits per heavy atom. The van der Waals surface area contributed by atoms with Gasteiger partial charge in [-0.25, -0.2) is 4.98 Å². The number of anilines is 2. The second-order valence-electron chi connectivity index (χ2n) is 6.90. The van der Waals surface area contributed by atoms with Gasteiger partial charge in [0.25, 0.3) is 5.91 Å². The van der Waals surface area contributed by atoms with Gasteiger partial charge in [0.05, 0.1) is 18.4 Å². The fraction of sp³-hybridized carbons (Fsp3) is 0.400. The Morgan fingerprint density at radius 1 is 1.14 bits per heavy atom. The molecular formula is C20H26Cl2N4O2. The van der Waals surface area contributed by atoms with E-state index in [0.717, 1.165) is 31.6 Å². The highest BCUT2D eigenvalue weighted by molar-refractivity contribution is 5.99. The fourth-order valence-electron chi connectivity index (χ4n) is 3.85. The summed E-state index contributed by atoms with van der Waals surface area (Å²) in [5, 5.41) is 6.88. The molecule has 2 atom stereocenters. The lowest BCUT2D eigenvalue weighted by molar-refractivity contribution is 0.0749. The van der Waals surface area contributed by atoms with Gasteiger partial charge in [-0.2, -0.15) is 0 Å². The Balaban J connectivity index is 0.00000140. The minimum absolute atomic E-state index is 0. The highest BCUT2D eigenvalue weighted by atomic mass is 35.5. The normalized spacial score (nSPS) is 20.4. The summed E-state index contributed by atoms with van der Waals surface area (Å²) in [5.74, 6) is 1.31. The van der Waals surface area contributed by atoms with Crippen LogP contribution in [0.3, 0.4) is 0 Å². The number of hydrogen-bond acceptors (Lipinski definition) is 5. The van der Waals surface area contributed by atoms with E-state index in [-0.39, 0.29) is 30.7 Å². The number of amides is 1. The lowest BCUT2D eigenvalue weighted by Crippen LogP contribution is -2.39. The van der Waals surface area contributed by atoms with Crippen molar-refractivity contribution in [2.24, 2.45) is 0 Å². The van der Waals surface area contributed by atoms with Crippen LogP contribution in [0.25, 0.3) is 0 Å². The molecule has 1 amide bonds. The second-order valence-corrected chi connectivity index (χ2v) is 6.90. The predicted octanol–water partition coefficient (Wildman–Crippen LogP) is 3.64. The minimum Gasteiger partial charge on any atom is -0.495 e. The molecule has 3 heterocycles. The van der Waals surface area contributed by atoms with E-state index in [0.29, 0.717) is 29.2 Å². The maximum atomic E-state index is 13.2. The van der Waals surface area contributed by atoms with Crippen molar-refractivity contribution in [3.8, 4) is 5.75 Å². The van der Waals surface area contributed by atoms with Gasteiger partial charge in [0, 0.05) is 31.4 Å². The molecule has 2 unspecified atom stereocenters. The van der Waals surface area contributed by atoms with Crippen LogP contribution < -0.4 is 15.4 Å². The number of likely N-dealkylation sites (tertiary alicyclic amines) is 1. The van der Waals surface area contributed by atoms with Gasteiger partial charge in [0.15, 0.2) is 0 Å². The van der Waals surface area contributed by atoms with E-state index in [2.05, 4.69) is 15.6 Å². The first-order chi connectivity index (χ1) is 12.7. The third-order valence-electron chi connectivity index (χ3n) is 5.21. The number of ether oxygens (including phenoxy) is 1. The fourth-order valence-corrected chi connectivity index (χ4v) is 3.85. The number of nitrogens with zero attached hydrogens (tertiary/aromatic N) is 2. The lowest BCUT2D eigenvalue weighted by atomic mass is 10.1. The van der Waals surface area contributed by atoms with Crippen LogP contribution in [0, 0.1) is 0 Å². The molecule has 2 N–H and O–H groups in total. The van der Waals surface area contributed by atoms with Crippen molar-refractivity contribution in [1.82, 2.24) is 15.2 Å². The number of pyridine rings is 1. The zero-order valence-electron chi connectivity index (χ0n) is 15.8. The second kappa shape index (κ2) is 9.96. The number of halogens is 2. The average molecular weight is 425 g/mol. The number of hydrogen-bond donors (Lipinski definition) is 2. The van der Waals surface area contributed by atoms with Crippen LogP contribution in [0.5, 0.6) is 5.75 Å². The first kappa shape index (κ1) is 22.3. The van der Waals surface area contributed by atoms with Crippen molar-refractivity contribution in [3.63, 3.8) is 0 Å². The van der Waals surface area contributed by atoms with E-state index < -0.39 is 0 Å². The summed E-state index contributed by atoms with van der Waals surface area (Å²) in [6.45, 7) is 1.55. The molecule has 2 bridgehead atoms. The first-order valence-corrected chi connectivity index (χ1v) is 9.15. The maximum absolute atomic E-state index is 13.2. The summed E-state index contributed by atoms with van der Waals surface area (Å²) in [5.41, 5.74) is 1.38. The Labute approximate surface area is 177 Å². The van der Waals surface area contributed by atoms with Gasteiger partial charge in [0.1, 0.15) is 11.6 Å². The molecule has 28 heavy (non-hydrogen) atoms. The molecule has 2 aliphatic rings. The molecule has 0 saturated carbocycles. The molecule has 4 rings (SSSR count). The molecule has 0 spiro atoms. The Kier molecular flexibility index (Phi) is 7.92. The van der Waals surface area contributed by atoms with Crippen LogP contribution in [-0.2, 0) is 0 Å². The van der Waals surface area contributed by atoms with E-state index in [1.807, 2.05) is 41.3 Å². The van der Waals surface area contributed by atoms with Gasteiger partial charge in [-0.15, -0.1) is 24.8 Å². The zero-order valence-corrected chi connectivity index (χ0v) is 17.4. The molecule has 2 fully saturated rings. The van der Waals surface area contributed by atoms with Gasteiger partial charge in [-0.05, 0) is 43.5 Å². The molecular weight excluding hydrogens is 399 g/mol. The van der Waals surface area contributed by atoms with Crippen LogP contribution in [0.15, 0.2) is 42.6 Å². The van der Waals surface area contributed by atoms with E-state index in [4.69, 9.17) is 4.74 Å². The summed E-state index contributed by atoms with van der Waals surface area (Å²) in [7, 11) is 1.63. The van der Waals surface area contributed by atoms with Crippen molar-refractivity contribution in [2.75, 3.05) is 25.5 Å². The summed E-state index contributed by atoms with van der Waals surface area (Å²) in [6.07, 6.45) is 5.08. The number of carbonyl (C=O) groups is 1. The predicted molar refractivity (Wildman–Crippen MR) is 115 cm³/mol. The van der Waals surface area contributed by atoms with E-state index in [1.54, 1.807) is 13.3 Å². The Bertz CT molecular complexity index is 805. The lowest BCUT2D eigenvalue weighted by Gasteiger charge is -2.25. The standard InChI is InChI=1S/C20H24N4O2.2ClH/c1-26-18-7-3-2-6-17(18)23-19-16(5-4-11-21-19)20(25)24-12-10-14-8-9-15(13-24)22-14;;/h2-7,11,14-15,22H,8-10,12-13H2,1H3,(H,21,23);2*1H. The van der Waals surface area contributed by atoms with Crippen molar-refractivity contribution in [1.29, 1.82) is 0 Å². The quantitative estimate of drug-likeness (QED) is 0.783. The first-order valence-electron chi connectivity index (χ1n) is 9.15. The highest BCUT2D eigenvalue weighted by Gasteiger charge is 2.32. The molecule has 8 heteroatoms. The summed E-state index contributed by atoms with van der Waals surface area (Å²) >= 11 is 0. The average Bonchev–Trinajstić information content (AvgIpc) is 3.01. The molecule has 2 saturated heterocycles. The molecule has 2 aromatic rings. The van der Waals surface area contributed by atoms with Crippen molar-refractivity contribution in [3.05, 3.63) is 48.2 Å². The van der Waals surface area contributed by atoms with Gasteiger partial charge < -0.3 is 20.3 Å². The molecule has 6 nitrogen and oxygen atoms in total. The number of methoxy groups -OCH3 is 1. The molecule has 152 valence electrons. The van der Waals surface area contributed by atoms with Crippen molar-refractivity contribution >= 4 is 42.2 Å². The smallest absolute Gasteiger partial charge is 0.257 e. The largest absolute Gasteiger partial charge is 0.495 e. The maximum Gasteiger partial charge on any atom is 0.257 e. The number of rotatable bonds is 4. The van der Waals surface area contributed by atoms with Gasteiger partial charge in [-0.3, -0.25) is 4.79 Å². The number of aromatic nitrogens is 1. The third kappa shape index (κ3) is 4.69. The molecule has 0 aliphatic carbocycles. The Morgan fingerprint density at radius 2 is 1.93 bits per heavy atom. The number of benzene rings is 1. The van der Waals surface area contributed by atoms with Crippen LogP contribution in [-0.4, -0.2) is 48.1 Å². The monoisotopic (exact) mass is 424 g/mol.